The van der Waals surface area contributed by atoms with Crippen LogP contribution in [0.25, 0.3) is 10.9 Å². The Morgan fingerprint density at radius 2 is 1.43 bits per heavy atom. The zero-order chi connectivity index (χ0) is 19.2. The van der Waals surface area contributed by atoms with Gasteiger partial charge in [-0.05, 0) is 30.2 Å². The third-order valence-corrected chi connectivity index (χ3v) is 4.29. The van der Waals surface area contributed by atoms with Gasteiger partial charge in [0.1, 0.15) is 12.1 Å². The fraction of sp³-hybridized carbons (Fsp3) is 0.300. The highest BCUT2D eigenvalue weighted by atomic mass is 35.5. The number of fused-ring (bicyclic) bond motifs is 1. The Bertz CT molecular complexity index is 937. The van der Waals surface area contributed by atoms with Crippen molar-refractivity contribution in [1.29, 1.82) is 0 Å². The Balaban J connectivity index is 0.00000280. The average molecular weight is 406 g/mol. The fourth-order valence-electron chi connectivity index (χ4n) is 2.89. The van der Waals surface area contributed by atoms with Crippen molar-refractivity contribution in [1.82, 2.24) is 9.97 Å². The first kappa shape index (κ1) is 21.4. The summed E-state index contributed by atoms with van der Waals surface area (Å²) in [6, 6.07) is 9.63. The monoisotopic (exact) mass is 405 g/mol. The number of benzene rings is 2. The van der Waals surface area contributed by atoms with Gasteiger partial charge in [0.25, 0.3) is 0 Å². The molecule has 0 saturated carbocycles. The molecule has 0 spiro atoms. The van der Waals surface area contributed by atoms with Crippen LogP contribution in [0.1, 0.15) is 5.56 Å². The van der Waals surface area contributed by atoms with E-state index < -0.39 is 0 Å². The molecule has 3 rings (SSSR count). The predicted octanol–water partition coefficient (Wildman–Crippen LogP) is 3.74. The first-order valence-electron chi connectivity index (χ1n) is 8.51. The summed E-state index contributed by atoms with van der Waals surface area (Å²) >= 11 is 0. The zero-order valence-electron chi connectivity index (χ0n) is 16.3. The maximum atomic E-state index is 5.39. The first-order valence-corrected chi connectivity index (χ1v) is 8.51. The molecule has 1 N–H and O–H groups in total. The molecule has 0 aliphatic carbocycles. The Morgan fingerprint density at radius 1 is 0.786 bits per heavy atom. The maximum absolute atomic E-state index is 5.39. The molecule has 8 heteroatoms. The molecule has 0 atom stereocenters. The minimum atomic E-state index is 0. The third-order valence-electron chi connectivity index (χ3n) is 4.29. The van der Waals surface area contributed by atoms with Crippen molar-refractivity contribution in [2.75, 3.05) is 40.3 Å². The number of ether oxygens (including phenoxy) is 4. The lowest BCUT2D eigenvalue weighted by Gasteiger charge is -2.13. The molecule has 7 nitrogen and oxygen atoms in total. The van der Waals surface area contributed by atoms with Gasteiger partial charge in [0, 0.05) is 18.0 Å². The SMILES string of the molecule is COc1ccc(CCNc2ncnc3cc(OC)c(OC)cc23)cc1OC.Cl. The molecular weight excluding hydrogens is 382 g/mol. The van der Waals surface area contributed by atoms with E-state index in [1.165, 1.54) is 6.33 Å². The van der Waals surface area contributed by atoms with Gasteiger partial charge < -0.3 is 24.3 Å². The standard InChI is InChI=1S/C20H23N3O4.ClH/c1-24-16-6-5-13(9-17(16)25-2)7-8-21-20-14-10-18(26-3)19(27-4)11-15(14)22-12-23-20;/h5-6,9-12H,7-8H2,1-4H3,(H,21,22,23);1H. The highest BCUT2D eigenvalue weighted by Gasteiger charge is 2.11. The topological polar surface area (TPSA) is 74.7 Å². The summed E-state index contributed by atoms with van der Waals surface area (Å²) in [7, 11) is 6.47. The normalized spacial score (nSPS) is 10.1. The smallest absolute Gasteiger partial charge is 0.162 e. The molecule has 0 radical (unpaired) electrons. The van der Waals surface area contributed by atoms with E-state index in [0.717, 1.165) is 40.2 Å². The summed E-state index contributed by atoms with van der Waals surface area (Å²) in [5.74, 6) is 3.47. The minimum absolute atomic E-state index is 0. The molecule has 0 saturated heterocycles. The summed E-state index contributed by atoms with van der Waals surface area (Å²) < 4.78 is 21.4. The quantitative estimate of drug-likeness (QED) is 0.611. The van der Waals surface area contributed by atoms with Crippen LogP contribution in [-0.4, -0.2) is 45.0 Å². The maximum Gasteiger partial charge on any atom is 0.162 e. The van der Waals surface area contributed by atoms with Crippen LogP contribution < -0.4 is 24.3 Å². The molecular formula is C20H24ClN3O4. The molecule has 3 aromatic rings. The van der Waals surface area contributed by atoms with Crippen LogP contribution in [0.15, 0.2) is 36.7 Å². The van der Waals surface area contributed by atoms with Crippen LogP contribution in [-0.2, 0) is 6.42 Å². The van der Waals surface area contributed by atoms with E-state index >= 15 is 0 Å². The van der Waals surface area contributed by atoms with Crippen LogP contribution in [0, 0.1) is 0 Å². The van der Waals surface area contributed by atoms with Gasteiger partial charge in [0.15, 0.2) is 23.0 Å². The predicted molar refractivity (Wildman–Crippen MR) is 112 cm³/mol. The van der Waals surface area contributed by atoms with Crippen molar-refractivity contribution in [3.8, 4) is 23.0 Å². The summed E-state index contributed by atoms with van der Waals surface area (Å²) in [5.41, 5.74) is 1.93. The van der Waals surface area contributed by atoms with Crippen LogP contribution in [0.3, 0.4) is 0 Å². The first-order chi connectivity index (χ1) is 13.2. The number of hydrogen-bond acceptors (Lipinski definition) is 7. The number of rotatable bonds is 8. The summed E-state index contributed by atoms with van der Waals surface area (Å²) in [6.45, 7) is 0.704. The van der Waals surface area contributed by atoms with Gasteiger partial charge in [-0.15, -0.1) is 12.4 Å². The minimum Gasteiger partial charge on any atom is -0.493 e. The second kappa shape index (κ2) is 9.85. The highest BCUT2D eigenvalue weighted by Crippen LogP contribution is 2.33. The summed E-state index contributed by atoms with van der Waals surface area (Å²) in [4.78, 5) is 8.68. The lowest BCUT2D eigenvalue weighted by atomic mass is 10.1. The van der Waals surface area contributed by atoms with E-state index in [-0.39, 0.29) is 12.4 Å². The second-order valence-electron chi connectivity index (χ2n) is 5.81. The van der Waals surface area contributed by atoms with Gasteiger partial charge >= 0.3 is 0 Å². The van der Waals surface area contributed by atoms with E-state index in [9.17, 15) is 0 Å². The molecule has 0 aliphatic rings. The molecule has 28 heavy (non-hydrogen) atoms. The number of methoxy groups -OCH3 is 4. The van der Waals surface area contributed by atoms with E-state index in [0.29, 0.717) is 18.0 Å². The third kappa shape index (κ3) is 4.48. The van der Waals surface area contributed by atoms with Crippen molar-refractivity contribution in [2.24, 2.45) is 0 Å². The van der Waals surface area contributed by atoms with Crippen LogP contribution in [0.5, 0.6) is 23.0 Å². The Kier molecular flexibility index (Phi) is 7.52. The lowest BCUT2D eigenvalue weighted by Crippen LogP contribution is -2.07. The Morgan fingerprint density at radius 3 is 2.11 bits per heavy atom. The van der Waals surface area contributed by atoms with Gasteiger partial charge in [-0.25, -0.2) is 9.97 Å². The fourth-order valence-corrected chi connectivity index (χ4v) is 2.89. The van der Waals surface area contributed by atoms with Crippen LogP contribution >= 0.6 is 12.4 Å². The van der Waals surface area contributed by atoms with E-state index in [2.05, 4.69) is 15.3 Å². The number of halogens is 1. The molecule has 0 amide bonds. The van der Waals surface area contributed by atoms with Gasteiger partial charge in [-0.1, -0.05) is 6.07 Å². The summed E-state index contributed by atoms with van der Waals surface area (Å²) in [5, 5.41) is 4.25. The Hall–Kier alpha value is -2.93. The van der Waals surface area contributed by atoms with E-state index in [4.69, 9.17) is 18.9 Å². The molecule has 1 heterocycles. The number of nitrogens with one attached hydrogen (secondary N) is 1. The molecule has 0 unspecified atom stereocenters. The molecule has 0 bridgehead atoms. The largest absolute Gasteiger partial charge is 0.493 e. The zero-order valence-corrected chi connectivity index (χ0v) is 17.1. The average Bonchev–Trinajstić information content (AvgIpc) is 2.72. The van der Waals surface area contributed by atoms with Gasteiger partial charge in [0.05, 0.1) is 34.0 Å². The number of aromatic nitrogens is 2. The van der Waals surface area contributed by atoms with Crippen molar-refractivity contribution in [2.45, 2.75) is 6.42 Å². The van der Waals surface area contributed by atoms with Gasteiger partial charge in [-0.2, -0.15) is 0 Å². The molecule has 150 valence electrons. The van der Waals surface area contributed by atoms with Gasteiger partial charge in [0.2, 0.25) is 0 Å². The molecule has 2 aromatic carbocycles. The number of hydrogen-bond donors (Lipinski definition) is 1. The molecule has 0 aliphatic heterocycles. The molecule has 1 aromatic heterocycles. The van der Waals surface area contributed by atoms with Gasteiger partial charge in [-0.3, -0.25) is 0 Å². The van der Waals surface area contributed by atoms with Crippen LogP contribution in [0.4, 0.5) is 5.82 Å². The van der Waals surface area contributed by atoms with Crippen molar-refractivity contribution < 1.29 is 18.9 Å². The van der Waals surface area contributed by atoms with Crippen LogP contribution in [0.2, 0.25) is 0 Å². The number of nitrogens with zero attached hydrogens (tertiary/aromatic N) is 2. The van der Waals surface area contributed by atoms with Crippen molar-refractivity contribution >= 4 is 29.1 Å². The molecule has 0 fully saturated rings. The lowest BCUT2D eigenvalue weighted by molar-refractivity contribution is 0.354. The Labute approximate surface area is 170 Å². The highest BCUT2D eigenvalue weighted by molar-refractivity contribution is 5.91. The van der Waals surface area contributed by atoms with Crippen molar-refractivity contribution in [3.05, 3.63) is 42.2 Å². The number of anilines is 1. The van der Waals surface area contributed by atoms with Crippen molar-refractivity contribution in [3.63, 3.8) is 0 Å². The second-order valence-corrected chi connectivity index (χ2v) is 5.81. The van der Waals surface area contributed by atoms with E-state index in [1.54, 1.807) is 28.4 Å². The summed E-state index contributed by atoms with van der Waals surface area (Å²) in [6.07, 6.45) is 2.34. The van der Waals surface area contributed by atoms with E-state index in [1.807, 2.05) is 30.3 Å².